The van der Waals surface area contributed by atoms with Gasteiger partial charge in [-0.3, -0.25) is 0 Å². The van der Waals surface area contributed by atoms with Crippen molar-refractivity contribution in [3.05, 3.63) is 12.5 Å². The van der Waals surface area contributed by atoms with Gasteiger partial charge in [-0.1, -0.05) is 0 Å². The van der Waals surface area contributed by atoms with Gasteiger partial charge in [-0.2, -0.15) is 0 Å². The molecule has 0 aliphatic heterocycles. The third-order valence-corrected chi connectivity index (χ3v) is 2.68. The van der Waals surface area contributed by atoms with Crippen molar-refractivity contribution in [3.63, 3.8) is 0 Å². The highest BCUT2D eigenvalue weighted by atomic mass is 32.2. The van der Waals surface area contributed by atoms with Crippen LogP contribution in [0.15, 0.2) is 17.6 Å². The SMILES string of the molecule is C[C@@H](O)CNS(=O)(=O)c1cnc[nH]1. The van der Waals surface area contributed by atoms with Crippen molar-refractivity contribution >= 4 is 10.0 Å². The van der Waals surface area contributed by atoms with E-state index in [-0.39, 0.29) is 11.6 Å². The van der Waals surface area contributed by atoms with Gasteiger partial charge in [-0.15, -0.1) is 0 Å². The number of aliphatic hydroxyl groups excluding tert-OH is 1. The van der Waals surface area contributed by atoms with Crippen molar-refractivity contribution in [3.8, 4) is 0 Å². The van der Waals surface area contributed by atoms with Crippen molar-refractivity contribution in [2.45, 2.75) is 18.1 Å². The Hall–Kier alpha value is -0.920. The average molecular weight is 205 g/mol. The summed E-state index contributed by atoms with van der Waals surface area (Å²) in [6.45, 7) is 1.48. The molecule has 0 spiro atoms. The monoisotopic (exact) mass is 205 g/mol. The lowest BCUT2D eigenvalue weighted by molar-refractivity contribution is 0.198. The highest BCUT2D eigenvalue weighted by Crippen LogP contribution is 2.01. The Bertz CT molecular complexity index is 343. The van der Waals surface area contributed by atoms with Gasteiger partial charge in [0.25, 0.3) is 10.0 Å². The van der Waals surface area contributed by atoms with Crippen LogP contribution in [0.4, 0.5) is 0 Å². The molecule has 0 amide bonds. The lowest BCUT2D eigenvalue weighted by Gasteiger charge is -2.05. The summed E-state index contributed by atoms with van der Waals surface area (Å²) in [5.41, 5.74) is 0. The maximum Gasteiger partial charge on any atom is 0.257 e. The Morgan fingerprint density at radius 2 is 2.46 bits per heavy atom. The molecule has 0 aliphatic rings. The summed E-state index contributed by atoms with van der Waals surface area (Å²) in [6.07, 6.45) is 1.76. The van der Waals surface area contributed by atoms with E-state index in [2.05, 4.69) is 14.7 Å². The number of hydrogen-bond acceptors (Lipinski definition) is 4. The Labute approximate surface area is 76.1 Å². The number of imidazole rings is 1. The van der Waals surface area contributed by atoms with Gasteiger partial charge in [0.1, 0.15) is 0 Å². The molecule has 0 saturated heterocycles. The zero-order valence-corrected chi connectivity index (χ0v) is 7.87. The van der Waals surface area contributed by atoms with E-state index in [1.165, 1.54) is 19.4 Å². The summed E-state index contributed by atoms with van der Waals surface area (Å²) in [6, 6.07) is 0. The number of nitrogens with one attached hydrogen (secondary N) is 2. The lowest BCUT2D eigenvalue weighted by Crippen LogP contribution is -2.30. The van der Waals surface area contributed by atoms with Crippen LogP contribution in [-0.4, -0.2) is 36.1 Å². The van der Waals surface area contributed by atoms with Crippen LogP contribution >= 0.6 is 0 Å². The van der Waals surface area contributed by atoms with Gasteiger partial charge in [-0.05, 0) is 6.92 Å². The van der Waals surface area contributed by atoms with E-state index < -0.39 is 16.1 Å². The Balaban J connectivity index is 2.68. The highest BCUT2D eigenvalue weighted by molar-refractivity contribution is 7.89. The molecule has 0 fully saturated rings. The molecule has 0 aromatic carbocycles. The molecule has 0 bridgehead atoms. The molecule has 0 saturated carbocycles. The second-order valence-electron chi connectivity index (χ2n) is 2.62. The number of aliphatic hydroxyl groups is 1. The number of rotatable bonds is 4. The quantitative estimate of drug-likeness (QED) is 0.591. The van der Waals surface area contributed by atoms with E-state index in [0.29, 0.717) is 0 Å². The first-order chi connectivity index (χ1) is 6.02. The molecule has 13 heavy (non-hydrogen) atoms. The Kier molecular flexibility index (Phi) is 3.02. The van der Waals surface area contributed by atoms with Crippen LogP contribution in [0.1, 0.15) is 6.92 Å². The first-order valence-corrected chi connectivity index (χ1v) is 5.17. The maximum atomic E-state index is 11.3. The van der Waals surface area contributed by atoms with Crippen LogP contribution in [0.3, 0.4) is 0 Å². The molecule has 7 heteroatoms. The second-order valence-corrected chi connectivity index (χ2v) is 4.35. The van der Waals surface area contributed by atoms with E-state index in [1.807, 2.05) is 0 Å². The van der Waals surface area contributed by atoms with Gasteiger partial charge < -0.3 is 10.1 Å². The third-order valence-electron chi connectivity index (χ3n) is 1.33. The topological polar surface area (TPSA) is 95.1 Å². The summed E-state index contributed by atoms with van der Waals surface area (Å²) in [4.78, 5) is 6.04. The summed E-state index contributed by atoms with van der Waals surface area (Å²) in [5.74, 6) is 0. The van der Waals surface area contributed by atoms with Crippen LogP contribution in [0.5, 0.6) is 0 Å². The van der Waals surface area contributed by atoms with Crippen molar-refractivity contribution < 1.29 is 13.5 Å². The van der Waals surface area contributed by atoms with Crippen LogP contribution in [0.25, 0.3) is 0 Å². The molecule has 1 heterocycles. The predicted octanol–water partition coefficient (Wildman–Crippen LogP) is -0.931. The van der Waals surface area contributed by atoms with Crippen molar-refractivity contribution in [1.29, 1.82) is 0 Å². The normalized spacial score (nSPS) is 14.3. The maximum absolute atomic E-state index is 11.3. The minimum absolute atomic E-state index is 0.00634. The van der Waals surface area contributed by atoms with E-state index in [4.69, 9.17) is 5.11 Å². The molecule has 1 aromatic rings. The number of nitrogens with zero attached hydrogens (tertiary/aromatic N) is 1. The van der Waals surface area contributed by atoms with Gasteiger partial charge in [-0.25, -0.2) is 18.1 Å². The molecule has 6 nitrogen and oxygen atoms in total. The molecular formula is C6H11N3O3S. The molecule has 1 atom stereocenters. The van der Waals surface area contributed by atoms with Crippen molar-refractivity contribution in [2.24, 2.45) is 0 Å². The van der Waals surface area contributed by atoms with Crippen LogP contribution in [-0.2, 0) is 10.0 Å². The molecule has 1 aromatic heterocycles. The number of aromatic amines is 1. The molecule has 0 aliphatic carbocycles. The number of hydrogen-bond donors (Lipinski definition) is 3. The van der Waals surface area contributed by atoms with Crippen LogP contribution in [0, 0.1) is 0 Å². The molecule has 0 radical (unpaired) electrons. The van der Waals surface area contributed by atoms with E-state index in [0.717, 1.165) is 0 Å². The minimum Gasteiger partial charge on any atom is -0.392 e. The summed E-state index contributed by atoms with van der Waals surface area (Å²) in [7, 11) is -3.54. The number of H-pyrrole nitrogens is 1. The van der Waals surface area contributed by atoms with E-state index in [9.17, 15) is 8.42 Å². The van der Waals surface area contributed by atoms with Crippen molar-refractivity contribution in [1.82, 2.24) is 14.7 Å². The fourth-order valence-electron chi connectivity index (χ4n) is 0.698. The highest BCUT2D eigenvalue weighted by Gasteiger charge is 2.15. The zero-order valence-electron chi connectivity index (χ0n) is 7.06. The predicted molar refractivity (Wildman–Crippen MR) is 45.5 cm³/mol. The molecule has 74 valence electrons. The van der Waals surface area contributed by atoms with Gasteiger partial charge in [0, 0.05) is 6.54 Å². The smallest absolute Gasteiger partial charge is 0.257 e. The van der Waals surface area contributed by atoms with Gasteiger partial charge in [0.05, 0.1) is 18.6 Å². The molecule has 3 N–H and O–H groups in total. The summed E-state index contributed by atoms with van der Waals surface area (Å²) >= 11 is 0. The van der Waals surface area contributed by atoms with Crippen molar-refractivity contribution in [2.75, 3.05) is 6.54 Å². The fourth-order valence-corrected chi connectivity index (χ4v) is 1.72. The van der Waals surface area contributed by atoms with Crippen LogP contribution in [0.2, 0.25) is 0 Å². The van der Waals surface area contributed by atoms with Gasteiger partial charge in [0.15, 0.2) is 5.03 Å². The Morgan fingerprint density at radius 3 is 2.92 bits per heavy atom. The zero-order chi connectivity index (χ0) is 9.90. The average Bonchev–Trinajstić information content (AvgIpc) is 2.53. The Morgan fingerprint density at radius 1 is 1.77 bits per heavy atom. The summed E-state index contributed by atoms with van der Waals surface area (Å²) in [5, 5.41) is 8.85. The van der Waals surface area contributed by atoms with Gasteiger partial charge in [0.2, 0.25) is 0 Å². The van der Waals surface area contributed by atoms with E-state index >= 15 is 0 Å². The van der Waals surface area contributed by atoms with Crippen LogP contribution < -0.4 is 4.72 Å². The molecule has 1 rings (SSSR count). The fraction of sp³-hybridized carbons (Fsp3) is 0.500. The second kappa shape index (κ2) is 3.86. The first kappa shape index (κ1) is 10.2. The third kappa shape index (κ3) is 2.79. The molecular weight excluding hydrogens is 194 g/mol. The number of sulfonamides is 1. The number of aromatic nitrogens is 2. The minimum atomic E-state index is -3.54. The largest absolute Gasteiger partial charge is 0.392 e. The van der Waals surface area contributed by atoms with Gasteiger partial charge >= 0.3 is 0 Å². The van der Waals surface area contributed by atoms with E-state index in [1.54, 1.807) is 0 Å². The standard InChI is InChI=1S/C6H11N3O3S/c1-5(10)2-9-13(11,12)6-3-7-4-8-6/h3-5,9-10H,2H2,1H3,(H,7,8)/t5-/m1/s1. The lowest BCUT2D eigenvalue weighted by atomic mass is 10.4. The first-order valence-electron chi connectivity index (χ1n) is 3.68. The molecule has 0 unspecified atom stereocenters. The summed E-state index contributed by atoms with van der Waals surface area (Å²) < 4.78 is 24.8.